The molecular weight excluding hydrogens is 518 g/mol. The maximum Gasteiger partial charge on any atom is 0.514 e. The molecule has 0 N–H and O–H groups in total. The zero-order valence-electron chi connectivity index (χ0n) is 24.0. The Morgan fingerprint density at radius 2 is 1.34 bits per heavy atom. The number of fused-ring (bicyclic) bond motifs is 2. The molecule has 0 radical (unpaired) electrons. The van der Waals surface area contributed by atoms with Crippen molar-refractivity contribution in [2.75, 3.05) is 36.0 Å². The lowest BCUT2D eigenvalue weighted by Crippen LogP contribution is -2.35. The summed E-state index contributed by atoms with van der Waals surface area (Å²) in [5, 5.41) is 11.0. The van der Waals surface area contributed by atoms with Crippen molar-refractivity contribution in [3.05, 3.63) is 93.0 Å². The lowest BCUT2D eigenvalue weighted by atomic mass is 9.64. The van der Waals surface area contributed by atoms with E-state index in [2.05, 4.69) is 60.0 Å². The summed E-state index contributed by atoms with van der Waals surface area (Å²) in [6.45, 7) is 10.8. The summed E-state index contributed by atoms with van der Waals surface area (Å²) in [7, 11) is 0. The van der Waals surface area contributed by atoms with Crippen molar-refractivity contribution >= 4 is 23.2 Å². The summed E-state index contributed by atoms with van der Waals surface area (Å²) in [6, 6.07) is 19.0. The Kier molecular flexibility index (Phi) is 7.09. The molecular formula is C33H37N3O5. The third-order valence-corrected chi connectivity index (χ3v) is 9.03. The van der Waals surface area contributed by atoms with E-state index in [0.717, 1.165) is 37.3 Å². The molecule has 1 aliphatic carbocycles. The Bertz CT molecular complexity index is 1390. The van der Waals surface area contributed by atoms with Crippen LogP contribution < -0.4 is 14.5 Å². The van der Waals surface area contributed by atoms with Gasteiger partial charge in [0.1, 0.15) is 11.9 Å². The number of carbonyl (C=O) groups is 1. The molecule has 0 saturated carbocycles. The summed E-state index contributed by atoms with van der Waals surface area (Å²) in [6.07, 6.45) is 3.52. The van der Waals surface area contributed by atoms with Crippen molar-refractivity contribution in [3.8, 4) is 5.75 Å². The molecule has 2 saturated heterocycles. The highest BCUT2D eigenvalue weighted by atomic mass is 16.7. The number of rotatable bonds is 6. The first kappa shape index (κ1) is 27.1. The zero-order chi connectivity index (χ0) is 28.7. The second kappa shape index (κ2) is 10.7. The summed E-state index contributed by atoms with van der Waals surface area (Å²) < 4.78 is 11.3. The highest BCUT2D eigenvalue weighted by molar-refractivity contribution is 5.67. The second-order valence-electron chi connectivity index (χ2n) is 12.0. The molecule has 2 aliphatic heterocycles. The molecule has 214 valence electrons. The van der Waals surface area contributed by atoms with Crippen LogP contribution in [0.15, 0.2) is 60.7 Å². The van der Waals surface area contributed by atoms with Gasteiger partial charge in [-0.2, -0.15) is 0 Å². The monoisotopic (exact) mass is 555 g/mol. The van der Waals surface area contributed by atoms with Crippen LogP contribution in [0, 0.1) is 10.1 Å². The summed E-state index contributed by atoms with van der Waals surface area (Å²) in [5.74, 6) is 0.0292. The Morgan fingerprint density at radius 1 is 0.854 bits per heavy atom. The van der Waals surface area contributed by atoms with Crippen LogP contribution in [0.1, 0.15) is 74.6 Å². The fourth-order valence-corrected chi connectivity index (χ4v) is 6.85. The predicted molar refractivity (Wildman–Crippen MR) is 159 cm³/mol. The van der Waals surface area contributed by atoms with Gasteiger partial charge in [0, 0.05) is 61.0 Å². The van der Waals surface area contributed by atoms with Crippen LogP contribution in [-0.2, 0) is 10.2 Å². The molecule has 8 heteroatoms. The lowest BCUT2D eigenvalue weighted by molar-refractivity contribution is -0.384. The number of non-ortho nitro benzene ring substituents is 1. The SMILES string of the molecule is CC(OC(=O)Oc1ccc([N+](=O)[O-])cc1)C1c2ccc(N3CCCC3)cc2C(C)(C)c2cc(N3CCCC3)ccc21. The standard InChI is InChI=1S/C33H37N3O5/c1-22(40-32(37)41-26-12-8-23(9-13-26)36(38)39)31-27-14-10-24(34-16-4-5-17-34)20-29(27)33(2,3)30-21-25(11-15-28(30)31)35-18-6-7-19-35/h8-15,20-22,31H,4-7,16-19H2,1-3H3. The van der Waals surface area contributed by atoms with Crippen molar-refractivity contribution in [3.63, 3.8) is 0 Å². The maximum atomic E-state index is 12.9. The van der Waals surface area contributed by atoms with Gasteiger partial charge in [-0.05, 0) is 91.3 Å². The Hall–Kier alpha value is -4.07. The van der Waals surface area contributed by atoms with Crippen molar-refractivity contribution in [1.29, 1.82) is 0 Å². The quantitative estimate of drug-likeness (QED) is 0.138. The number of nitro groups is 1. The van der Waals surface area contributed by atoms with Crippen molar-refractivity contribution < 1.29 is 19.2 Å². The largest absolute Gasteiger partial charge is 0.514 e. The number of hydrogen-bond acceptors (Lipinski definition) is 7. The van der Waals surface area contributed by atoms with Crippen molar-refractivity contribution in [1.82, 2.24) is 0 Å². The van der Waals surface area contributed by atoms with Crippen LogP contribution >= 0.6 is 0 Å². The van der Waals surface area contributed by atoms with E-state index in [1.807, 2.05) is 6.92 Å². The third-order valence-electron chi connectivity index (χ3n) is 9.03. The fourth-order valence-electron chi connectivity index (χ4n) is 6.85. The smallest absolute Gasteiger partial charge is 0.430 e. The first-order chi connectivity index (χ1) is 19.7. The van der Waals surface area contributed by atoms with Gasteiger partial charge in [0.2, 0.25) is 0 Å². The Morgan fingerprint density at radius 3 is 1.80 bits per heavy atom. The van der Waals surface area contributed by atoms with Crippen LogP contribution in [0.5, 0.6) is 5.75 Å². The summed E-state index contributed by atoms with van der Waals surface area (Å²) in [4.78, 5) is 28.3. The number of nitro benzene ring substituents is 1. The van der Waals surface area contributed by atoms with Gasteiger partial charge in [-0.1, -0.05) is 26.0 Å². The molecule has 0 amide bonds. The molecule has 3 aliphatic rings. The molecule has 2 fully saturated rings. The van der Waals surface area contributed by atoms with E-state index in [9.17, 15) is 14.9 Å². The van der Waals surface area contributed by atoms with Crippen LogP contribution in [0.4, 0.5) is 21.9 Å². The minimum absolute atomic E-state index is 0.0706. The number of ether oxygens (including phenoxy) is 2. The van der Waals surface area contributed by atoms with Gasteiger partial charge in [0.15, 0.2) is 0 Å². The average Bonchev–Trinajstić information content (AvgIpc) is 3.69. The molecule has 1 unspecified atom stereocenters. The van der Waals surface area contributed by atoms with E-state index in [0.29, 0.717) is 0 Å². The highest BCUT2D eigenvalue weighted by Crippen LogP contribution is 2.50. The van der Waals surface area contributed by atoms with Gasteiger partial charge in [-0.25, -0.2) is 4.79 Å². The first-order valence-electron chi connectivity index (χ1n) is 14.6. The molecule has 6 rings (SSSR count). The normalized spacial score (nSPS) is 18.5. The molecule has 0 spiro atoms. The molecule has 1 atom stereocenters. The molecule has 0 bridgehead atoms. The summed E-state index contributed by atoms with van der Waals surface area (Å²) in [5.41, 5.74) is 7.04. The second-order valence-corrected chi connectivity index (χ2v) is 12.0. The van der Waals surface area contributed by atoms with E-state index in [1.54, 1.807) is 0 Å². The third kappa shape index (κ3) is 5.11. The Labute approximate surface area is 241 Å². The van der Waals surface area contributed by atoms with Crippen LogP contribution in [-0.4, -0.2) is 43.4 Å². The number of benzene rings is 3. The number of nitrogens with zero attached hydrogens (tertiary/aromatic N) is 3. The minimum atomic E-state index is -0.832. The maximum absolute atomic E-state index is 12.9. The first-order valence-corrected chi connectivity index (χ1v) is 14.6. The van der Waals surface area contributed by atoms with E-state index >= 15 is 0 Å². The van der Waals surface area contributed by atoms with Crippen molar-refractivity contribution in [2.24, 2.45) is 0 Å². The van der Waals surface area contributed by atoms with Gasteiger partial charge >= 0.3 is 6.16 Å². The van der Waals surface area contributed by atoms with Gasteiger partial charge in [0.25, 0.3) is 5.69 Å². The average molecular weight is 556 g/mol. The molecule has 8 nitrogen and oxygen atoms in total. The molecule has 2 heterocycles. The van der Waals surface area contributed by atoms with Crippen LogP contribution in [0.2, 0.25) is 0 Å². The predicted octanol–water partition coefficient (Wildman–Crippen LogP) is 7.17. The van der Waals surface area contributed by atoms with E-state index in [1.165, 1.54) is 72.5 Å². The fraction of sp³-hybridized carbons (Fsp3) is 0.424. The minimum Gasteiger partial charge on any atom is -0.430 e. The van der Waals surface area contributed by atoms with Gasteiger partial charge in [0.05, 0.1) is 4.92 Å². The lowest BCUT2D eigenvalue weighted by Gasteiger charge is -2.42. The van der Waals surface area contributed by atoms with E-state index in [4.69, 9.17) is 9.47 Å². The van der Waals surface area contributed by atoms with Crippen molar-refractivity contribution in [2.45, 2.75) is 63.9 Å². The number of anilines is 2. The van der Waals surface area contributed by atoms with Crippen LogP contribution in [0.25, 0.3) is 0 Å². The Balaban J connectivity index is 1.34. The molecule has 3 aromatic carbocycles. The molecule has 41 heavy (non-hydrogen) atoms. The highest BCUT2D eigenvalue weighted by Gasteiger charge is 2.41. The van der Waals surface area contributed by atoms with Gasteiger partial charge in [-0.3, -0.25) is 10.1 Å². The van der Waals surface area contributed by atoms with Gasteiger partial charge in [-0.15, -0.1) is 0 Å². The topological polar surface area (TPSA) is 85.1 Å². The number of hydrogen-bond donors (Lipinski definition) is 0. The van der Waals surface area contributed by atoms with Gasteiger partial charge < -0.3 is 19.3 Å². The number of carbonyl (C=O) groups excluding carboxylic acids is 1. The van der Waals surface area contributed by atoms with E-state index < -0.39 is 17.2 Å². The molecule has 3 aromatic rings. The molecule has 0 aromatic heterocycles. The summed E-state index contributed by atoms with van der Waals surface area (Å²) >= 11 is 0. The van der Waals surface area contributed by atoms with Crippen LogP contribution in [0.3, 0.4) is 0 Å². The van der Waals surface area contributed by atoms with E-state index in [-0.39, 0.29) is 22.8 Å². The zero-order valence-corrected chi connectivity index (χ0v) is 24.0.